The summed E-state index contributed by atoms with van der Waals surface area (Å²) in [6.45, 7) is 1.35. The van der Waals surface area contributed by atoms with Gasteiger partial charge in [-0.15, -0.1) is 0 Å². The highest BCUT2D eigenvalue weighted by Gasteiger charge is 2.20. The van der Waals surface area contributed by atoms with Gasteiger partial charge in [0.2, 0.25) is 0 Å². The number of aryl methyl sites for hydroxylation is 1. The molecule has 0 bridgehead atoms. The molecule has 0 radical (unpaired) electrons. The molecule has 1 aliphatic rings. The van der Waals surface area contributed by atoms with Gasteiger partial charge in [-0.25, -0.2) is 4.79 Å². The fourth-order valence-corrected chi connectivity index (χ4v) is 3.24. The number of carbonyl (C=O) groups is 1. The maximum atomic E-state index is 10.9. The lowest BCUT2D eigenvalue weighted by atomic mass is 10.1. The zero-order valence-corrected chi connectivity index (χ0v) is 13.1. The molecule has 1 N–H and O–H groups in total. The summed E-state index contributed by atoms with van der Waals surface area (Å²) in [5.41, 5.74) is 4.12. The molecule has 0 saturated carbocycles. The lowest BCUT2D eigenvalue weighted by Crippen LogP contribution is -1.95. The van der Waals surface area contributed by atoms with E-state index in [0.717, 1.165) is 46.4 Å². The number of carboxylic acids is 1. The summed E-state index contributed by atoms with van der Waals surface area (Å²) >= 11 is 0. The summed E-state index contributed by atoms with van der Waals surface area (Å²) < 4.78 is 8.05. The zero-order chi connectivity index (χ0) is 16.5. The second-order valence-corrected chi connectivity index (χ2v) is 5.93. The van der Waals surface area contributed by atoms with E-state index in [9.17, 15) is 4.79 Å². The van der Waals surface area contributed by atoms with Gasteiger partial charge in [0.15, 0.2) is 0 Å². The van der Waals surface area contributed by atoms with Gasteiger partial charge in [0.05, 0.1) is 0 Å². The smallest absolute Gasteiger partial charge is 0.328 e. The number of allylic oxidation sites excluding steroid dienone is 1. The minimum Gasteiger partial charge on any atom is -0.489 e. The number of hydrogen-bond acceptors (Lipinski definition) is 2. The van der Waals surface area contributed by atoms with Gasteiger partial charge >= 0.3 is 5.97 Å². The van der Waals surface area contributed by atoms with Gasteiger partial charge in [-0.1, -0.05) is 30.3 Å². The zero-order valence-electron chi connectivity index (χ0n) is 13.1. The number of fused-ring (bicyclic) bond motifs is 3. The van der Waals surface area contributed by atoms with Crippen LogP contribution in [0.1, 0.15) is 17.7 Å². The summed E-state index contributed by atoms with van der Waals surface area (Å²) in [6, 6.07) is 18.1. The molecule has 24 heavy (non-hydrogen) atoms. The number of hydrogen-bond donors (Lipinski definition) is 1. The molecule has 4 rings (SSSR count). The molecule has 0 unspecified atom stereocenters. The van der Waals surface area contributed by atoms with Crippen LogP contribution < -0.4 is 4.74 Å². The Morgan fingerprint density at radius 2 is 2.00 bits per heavy atom. The second kappa shape index (κ2) is 5.89. The minimum atomic E-state index is -0.893. The summed E-state index contributed by atoms with van der Waals surface area (Å²) in [5.74, 6) is -0.0741. The van der Waals surface area contributed by atoms with Crippen LogP contribution >= 0.6 is 0 Å². The SMILES string of the molecule is O=C(O)/C=C1/CCn2c1cc1cc(OCc3ccccc3)ccc12. The van der Waals surface area contributed by atoms with E-state index in [1.165, 1.54) is 6.08 Å². The van der Waals surface area contributed by atoms with Gasteiger partial charge in [-0.3, -0.25) is 0 Å². The van der Waals surface area contributed by atoms with Crippen molar-refractivity contribution in [1.29, 1.82) is 0 Å². The molecule has 0 aliphatic carbocycles. The van der Waals surface area contributed by atoms with E-state index in [1.807, 2.05) is 54.6 Å². The normalized spacial score (nSPS) is 14.9. The van der Waals surface area contributed by atoms with Crippen molar-refractivity contribution >= 4 is 22.4 Å². The van der Waals surface area contributed by atoms with Crippen molar-refractivity contribution in [2.24, 2.45) is 0 Å². The minimum absolute atomic E-state index is 0.532. The Morgan fingerprint density at radius 1 is 1.17 bits per heavy atom. The van der Waals surface area contributed by atoms with Crippen LogP contribution in [0.5, 0.6) is 5.75 Å². The molecule has 1 aromatic heterocycles. The Balaban J connectivity index is 1.62. The van der Waals surface area contributed by atoms with Crippen LogP contribution in [0.3, 0.4) is 0 Å². The highest BCUT2D eigenvalue weighted by molar-refractivity contribution is 5.94. The summed E-state index contributed by atoms with van der Waals surface area (Å²) in [5, 5.41) is 10.1. The quantitative estimate of drug-likeness (QED) is 0.737. The number of carboxylic acid groups (broad SMARTS) is 1. The Kier molecular flexibility index (Phi) is 3.58. The van der Waals surface area contributed by atoms with E-state index >= 15 is 0 Å². The largest absolute Gasteiger partial charge is 0.489 e. The van der Waals surface area contributed by atoms with E-state index in [4.69, 9.17) is 9.84 Å². The van der Waals surface area contributed by atoms with Crippen molar-refractivity contribution in [2.75, 3.05) is 0 Å². The van der Waals surface area contributed by atoms with Crippen LogP contribution in [0.25, 0.3) is 16.5 Å². The third kappa shape index (κ3) is 2.67. The average Bonchev–Trinajstić information content (AvgIpc) is 3.13. The van der Waals surface area contributed by atoms with Crippen molar-refractivity contribution in [2.45, 2.75) is 19.6 Å². The van der Waals surface area contributed by atoms with Crippen molar-refractivity contribution in [3.63, 3.8) is 0 Å². The third-order valence-corrected chi connectivity index (χ3v) is 4.35. The third-order valence-electron chi connectivity index (χ3n) is 4.35. The predicted molar refractivity (Wildman–Crippen MR) is 92.9 cm³/mol. The first-order valence-corrected chi connectivity index (χ1v) is 7.94. The molecule has 0 spiro atoms. The Hall–Kier alpha value is -3.01. The van der Waals surface area contributed by atoms with Gasteiger partial charge in [-0.05, 0) is 41.8 Å². The molecule has 2 heterocycles. The molecular weight excluding hydrogens is 302 g/mol. The molecule has 0 saturated heterocycles. The molecule has 120 valence electrons. The molecule has 1 aliphatic heterocycles. The van der Waals surface area contributed by atoms with Gasteiger partial charge in [0.25, 0.3) is 0 Å². The number of aromatic nitrogens is 1. The molecule has 4 nitrogen and oxygen atoms in total. The fourth-order valence-electron chi connectivity index (χ4n) is 3.24. The summed E-state index contributed by atoms with van der Waals surface area (Å²) in [7, 11) is 0. The topological polar surface area (TPSA) is 51.5 Å². The molecule has 2 aromatic carbocycles. The number of benzene rings is 2. The van der Waals surface area contributed by atoms with Crippen molar-refractivity contribution < 1.29 is 14.6 Å². The summed E-state index contributed by atoms with van der Waals surface area (Å²) in [6.07, 6.45) is 2.08. The van der Waals surface area contributed by atoms with Crippen molar-refractivity contribution in [3.8, 4) is 5.75 Å². The standard InChI is InChI=1S/C20H17NO3/c22-20(23)12-15-8-9-21-18-7-6-17(10-16(18)11-19(15)21)24-13-14-4-2-1-3-5-14/h1-7,10-12H,8-9,13H2,(H,22,23)/b15-12-. The highest BCUT2D eigenvalue weighted by Crippen LogP contribution is 2.34. The van der Waals surface area contributed by atoms with E-state index < -0.39 is 5.97 Å². The van der Waals surface area contributed by atoms with Crippen LogP contribution in [0.2, 0.25) is 0 Å². The van der Waals surface area contributed by atoms with Gasteiger partial charge in [0, 0.05) is 29.2 Å². The number of nitrogens with zero attached hydrogens (tertiary/aromatic N) is 1. The molecule has 0 fully saturated rings. The fraction of sp³-hybridized carbons (Fsp3) is 0.150. The number of ether oxygens (including phenoxy) is 1. The predicted octanol–water partition coefficient (Wildman–Crippen LogP) is 4.09. The molecule has 0 amide bonds. The van der Waals surface area contributed by atoms with Crippen molar-refractivity contribution in [1.82, 2.24) is 4.57 Å². The number of rotatable bonds is 4. The second-order valence-electron chi connectivity index (χ2n) is 5.93. The van der Waals surface area contributed by atoms with Gasteiger partial charge in [0.1, 0.15) is 12.4 Å². The molecular formula is C20H17NO3. The van der Waals surface area contributed by atoms with Crippen LogP contribution in [0, 0.1) is 0 Å². The lowest BCUT2D eigenvalue weighted by molar-refractivity contribution is -0.131. The van der Waals surface area contributed by atoms with Gasteiger partial charge < -0.3 is 14.4 Å². The van der Waals surface area contributed by atoms with Gasteiger partial charge in [-0.2, -0.15) is 0 Å². The average molecular weight is 319 g/mol. The maximum absolute atomic E-state index is 10.9. The van der Waals surface area contributed by atoms with E-state index in [2.05, 4.69) is 4.57 Å². The molecule has 3 aromatic rings. The first-order chi connectivity index (χ1) is 11.7. The Labute approximate surface area is 139 Å². The highest BCUT2D eigenvalue weighted by atomic mass is 16.5. The molecule has 0 atom stereocenters. The monoisotopic (exact) mass is 319 g/mol. The van der Waals surface area contributed by atoms with Crippen LogP contribution in [-0.4, -0.2) is 15.6 Å². The van der Waals surface area contributed by atoms with E-state index in [1.54, 1.807) is 0 Å². The van der Waals surface area contributed by atoms with E-state index in [-0.39, 0.29) is 0 Å². The van der Waals surface area contributed by atoms with E-state index in [0.29, 0.717) is 6.61 Å². The Bertz CT molecular complexity index is 938. The molecule has 4 heteroatoms. The first kappa shape index (κ1) is 14.6. The Morgan fingerprint density at radius 3 is 2.79 bits per heavy atom. The van der Waals surface area contributed by atoms with Crippen LogP contribution in [0.4, 0.5) is 0 Å². The van der Waals surface area contributed by atoms with Crippen molar-refractivity contribution in [3.05, 3.63) is 71.9 Å². The lowest BCUT2D eigenvalue weighted by Gasteiger charge is -2.07. The summed E-state index contributed by atoms with van der Waals surface area (Å²) in [4.78, 5) is 10.9. The number of aliphatic carboxylic acids is 1. The van der Waals surface area contributed by atoms with Crippen LogP contribution in [0.15, 0.2) is 60.7 Å². The maximum Gasteiger partial charge on any atom is 0.328 e. The first-order valence-electron chi connectivity index (χ1n) is 7.94. The van der Waals surface area contributed by atoms with Crippen LogP contribution in [-0.2, 0) is 17.9 Å².